The number of hydrogen-bond donors (Lipinski definition) is 1. The van der Waals surface area contributed by atoms with E-state index in [2.05, 4.69) is 5.32 Å². The van der Waals surface area contributed by atoms with Crippen molar-refractivity contribution in [3.63, 3.8) is 0 Å². The van der Waals surface area contributed by atoms with Crippen LogP contribution >= 0.6 is 0 Å². The van der Waals surface area contributed by atoms with Crippen LogP contribution < -0.4 is 10.2 Å². The summed E-state index contributed by atoms with van der Waals surface area (Å²) in [6, 6.07) is 3.24. The molecular weight excluding hydrogens is 217 g/mol. The largest absolute Gasteiger partial charge is 0.336 e. The lowest BCUT2D eigenvalue weighted by atomic mass is 10.2. The third-order valence-corrected chi connectivity index (χ3v) is 2.30. The summed E-state index contributed by atoms with van der Waals surface area (Å²) in [7, 11) is 0. The van der Waals surface area contributed by atoms with Crippen LogP contribution in [0.1, 0.15) is 0 Å². The van der Waals surface area contributed by atoms with Crippen molar-refractivity contribution in [3.05, 3.63) is 34.1 Å². The molecule has 2 rings (SSSR count). The number of rotatable bonds is 2. The number of carbonyl (C=O) groups excluding carboxylic acids is 1. The third kappa shape index (κ3) is 1.56. The van der Waals surface area contributed by atoms with Crippen molar-refractivity contribution in [2.75, 3.05) is 18.0 Å². The smallest absolute Gasteiger partial charge is 0.328 e. The highest BCUT2D eigenvalue weighted by Gasteiger charge is 2.30. The lowest BCUT2D eigenvalue weighted by Gasteiger charge is -2.13. The predicted octanol–water partition coefficient (Wildman–Crippen LogP) is 1.26. The summed E-state index contributed by atoms with van der Waals surface area (Å²) < 4.78 is 13.3. The molecule has 1 saturated heterocycles. The minimum Gasteiger partial charge on any atom is -0.336 e. The summed E-state index contributed by atoms with van der Waals surface area (Å²) in [5, 5.41) is 13.2. The van der Waals surface area contributed by atoms with E-state index in [1.807, 2.05) is 0 Å². The number of amides is 2. The highest BCUT2D eigenvalue weighted by molar-refractivity contribution is 5.96. The van der Waals surface area contributed by atoms with E-state index in [0.717, 1.165) is 11.0 Å². The third-order valence-electron chi connectivity index (χ3n) is 2.30. The zero-order valence-corrected chi connectivity index (χ0v) is 8.14. The number of nitrogens with one attached hydrogen (secondary N) is 1. The van der Waals surface area contributed by atoms with Gasteiger partial charge in [-0.15, -0.1) is 0 Å². The maximum absolute atomic E-state index is 13.3. The maximum atomic E-state index is 13.3. The van der Waals surface area contributed by atoms with Crippen molar-refractivity contribution in [1.29, 1.82) is 0 Å². The van der Waals surface area contributed by atoms with Crippen molar-refractivity contribution >= 4 is 17.4 Å². The summed E-state index contributed by atoms with van der Waals surface area (Å²) in [6.07, 6.45) is 0. The van der Waals surface area contributed by atoms with Crippen molar-refractivity contribution < 1.29 is 14.1 Å². The molecule has 1 N–H and O–H groups in total. The minimum absolute atomic E-state index is 0.0139. The molecule has 0 bridgehead atoms. The van der Waals surface area contributed by atoms with E-state index in [4.69, 9.17) is 0 Å². The molecule has 1 aliphatic heterocycles. The van der Waals surface area contributed by atoms with Crippen LogP contribution in [0.3, 0.4) is 0 Å². The van der Waals surface area contributed by atoms with Crippen LogP contribution in [0, 0.1) is 15.9 Å². The second kappa shape index (κ2) is 3.76. The standard InChI is InChI=1S/C9H8FN3O3/c10-6-2-1-3-7(8(6)13(15)16)12-5-4-11-9(12)14/h1-3H,4-5H2,(H,11,14). The fourth-order valence-corrected chi connectivity index (χ4v) is 1.60. The number of urea groups is 1. The number of nitrogens with zero attached hydrogens (tertiary/aromatic N) is 2. The van der Waals surface area contributed by atoms with E-state index >= 15 is 0 Å². The van der Waals surface area contributed by atoms with Gasteiger partial charge >= 0.3 is 11.7 Å². The second-order valence-corrected chi connectivity index (χ2v) is 3.25. The van der Waals surface area contributed by atoms with Crippen LogP contribution in [-0.2, 0) is 0 Å². The molecule has 7 heteroatoms. The topological polar surface area (TPSA) is 75.5 Å². The zero-order chi connectivity index (χ0) is 11.7. The Morgan fingerprint density at radius 2 is 2.25 bits per heavy atom. The first-order valence-electron chi connectivity index (χ1n) is 4.59. The number of nitro benzene ring substituents is 1. The van der Waals surface area contributed by atoms with E-state index in [1.54, 1.807) is 0 Å². The Morgan fingerprint density at radius 3 is 2.81 bits per heavy atom. The number of carbonyl (C=O) groups is 1. The monoisotopic (exact) mass is 225 g/mol. The zero-order valence-electron chi connectivity index (χ0n) is 8.14. The Balaban J connectivity index is 2.51. The maximum Gasteiger partial charge on any atom is 0.328 e. The van der Waals surface area contributed by atoms with Gasteiger partial charge in [-0.2, -0.15) is 4.39 Å². The summed E-state index contributed by atoms with van der Waals surface area (Å²) in [5.41, 5.74) is -0.681. The Bertz CT molecular complexity index is 463. The molecule has 0 aromatic heterocycles. The van der Waals surface area contributed by atoms with E-state index in [9.17, 15) is 19.3 Å². The van der Waals surface area contributed by atoms with Gasteiger partial charge in [-0.1, -0.05) is 6.07 Å². The van der Waals surface area contributed by atoms with E-state index in [0.29, 0.717) is 13.1 Å². The molecule has 6 nitrogen and oxygen atoms in total. The van der Waals surface area contributed by atoms with Crippen molar-refractivity contribution in [1.82, 2.24) is 5.32 Å². The lowest BCUT2D eigenvalue weighted by Crippen LogP contribution is -2.28. The number of para-hydroxylation sites is 1. The molecule has 0 saturated carbocycles. The molecule has 0 aliphatic carbocycles. The molecular formula is C9H8FN3O3. The summed E-state index contributed by atoms with van der Waals surface area (Å²) in [5.74, 6) is -0.942. The number of halogens is 1. The molecule has 1 fully saturated rings. The van der Waals surface area contributed by atoms with Crippen LogP contribution in [-0.4, -0.2) is 24.0 Å². The van der Waals surface area contributed by atoms with Gasteiger partial charge in [0.05, 0.1) is 4.92 Å². The van der Waals surface area contributed by atoms with Gasteiger partial charge in [-0.05, 0) is 12.1 Å². The lowest BCUT2D eigenvalue weighted by molar-refractivity contribution is -0.386. The van der Waals surface area contributed by atoms with Crippen LogP contribution in [0.4, 0.5) is 20.6 Å². The Kier molecular flexibility index (Phi) is 2.43. The van der Waals surface area contributed by atoms with Crippen LogP contribution in [0.5, 0.6) is 0 Å². The van der Waals surface area contributed by atoms with E-state index < -0.39 is 22.5 Å². The summed E-state index contributed by atoms with van der Waals surface area (Å²) in [4.78, 5) is 22.4. The van der Waals surface area contributed by atoms with Crippen molar-refractivity contribution in [2.24, 2.45) is 0 Å². The number of hydrogen-bond acceptors (Lipinski definition) is 3. The molecule has 0 radical (unpaired) electrons. The normalized spacial score (nSPS) is 15.1. The molecule has 0 spiro atoms. The Labute approximate surface area is 89.8 Å². The fourth-order valence-electron chi connectivity index (χ4n) is 1.60. The Hall–Kier alpha value is -2.18. The number of anilines is 1. The van der Waals surface area contributed by atoms with Crippen molar-refractivity contribution in [2.45, 2.75) is 0 Å². The first-order chi connectivity index (χ1) is 7.61. The fraction of sp³-hybridized carbons (Fsp3) is 0.222. The number of benzene rings is 1. The molecule has 0 unspecified atom stereocenters. The van der Waals surface area contributed by atoms with Gasteiger partial charge in [-0.25, -0.2) is 4.79 Å². The molecule has 1 aliphatic rings. The van der Waals surface area contributed by atoms with Crippen LogP contribution in [0.15, 0.2) is 18.2 Å². The van der Waals surface area contributed by atoms with Crippen LogP contribution in [0.2, 0.25) is 0 Å². The molecule has 1 aromatic rings. The molecule has 84 valence electrons. The molecule has 16 heavy (non-hydrogen) atoms. The second-order valence-electron chi connectivity index (χ2n) is 3.25. The number of nitro groups is 1. The molecule has 2 amide bonds. The minimum atomic E-state index is -0.942. The predicted molar refractivity (Wildman–Crippen MR) is 53.8 cm³/mol. The Morgan fingerprint density at radius 1 is 1.50 bits per heavy atom. The first kappa shape index (κ1) is 10.3. The van der Waals surface area contributed by atoms with Crippen molar-refractivity contribution in [3.8, 4) is 0 Å². The average molecular weight is 225 g/mol. The summed E-state index contributed by atoms with van der Waals surface area (Å²) in [6.45, 7) is 0.690. The van der Waals surface area contributed by atoms with Gasteiger partial charge in [0.2, 0.25) is 5.82 Å². The molecule has 0 atom stereocenters. The average Bonchev–Trinajstić information content (AvgIpc) is 2.63. The van der Waals surface area contributed by atoms with Gasteiger partial charge in [0.1, 0.15) is 5.69 Å². The van der Waals surface area contributed by atoms with E-state index in [-0.39, 0.29) is 5.69 Å². The SMILES string of the molecule is O=C1NCCN1c1cccc(F)c1[N+](=O)[O-]. The van der Waals surface area contributed by atoms with Gasteiger partial charge in [0, 0.05) is 13.1 Å². The quantitative estimate of drug-likeness (QED) is 0.608. The van der Waals surface area contributed by atoms with Gasteiger partial charge < -0.3 is 5.32 Å². The van der Waals surface area contributed by atoms with Gasteiger partial charge in [-0.3, -0.25) is 15.0 Å². The summed E-state index contributed by atoms with van der Waals surface area (Å²) >= 11 is 0. The van der Waals surface area contributed by atoms with E-state index in [1.165, 1.54) is 12.1 Å². The van der Waals surface area contributed by atoms with Crippen LogP contribution in [0.25, 0.3) is 0 Å². The molecule has 1 heterocycles. The molecule has 1 aromatic carbocycles. The highest BCUT2D eigenvalue weighted by atomic mass is 19.1. The first-order valence-corrected chi connectivity index (χ1v) is 4.59. The van der Waals surface area contributed by atoms with Gasteiger partial charge in [0.15, 0.2) is 0 Å². The highest BCUT2D eigenvalue weighted by Crippen LogP contribution is 2.31. The van der Waals surface area contributed by atoms with Gasteiger partial charge in [0.25, 0.3) is 0 Å².